The van der Waals surface area contributed by atoms with E-state index in [-0.39, 0.29) is 18.1 Å². The average molecular weight is 308 g/mol. The van der Waals surface area contributed by atoms with E-state index in [0.29, 0.717) is 5.69 Å². The molecule has 3 rings (SSSR count). The van der Waals surface area contributed by atoms with E-state index >= 15 is 0 Å². The van der Waals surface area contributed by atoms with Crippen molar-refractivity contribution in [1.29, 1.82) is 0 Å². The lowest BCUT2D eigenvalue weighted by atomic mass is 9.96. The minimum Gasteiger partial charge on any atom is -0.388 e. The second-order valence-electron chi connectivity index (χ2n) is 6.27. The van der Waals surface area contributed by atoms with Crippen LogP contribution in [0.2, 0.25) is 0 Å². The third-order valence-corrected chi connectivity index (χ3v) is 4.83. The van der Waals surface area contributed by atoms with E-state index in [2.05, 4.69) is 10.5 Å². The van der Waals surface area contributed by atoms with Crippen LogP contribution in [0.15, 0.2) is 4.52 Å². The van der Waals surface area contributed by atoms with Gasteiger partial charge in [-0.25, -0.2) is 0 Å². The first kappa shape index (κ1) is 15.5. The number of hydrogen-bond acceptors (Lipinski definition) is 5. The highest BCUT2D eigenvalue weighted by Gasteiger charge is 2.33. The zero-order chi connectivity index (χ0) is 15.5. The van der Waals surface area contributed by atoms with Crippen LogP contribution >= 0.6 is 0 Å². The maximum Gasteiger partial charge on any atom is 0.274 e. The number of methoxy groups -OCH3 is 1. The standard InChI is InChI=1S/C16H24N2O4/c1-21-13-9-5-3-7-11(15(13)19)17-16(20)14-10-6-2-4-8-12(10)22-18-14/h11,13,15,19H,2-9H2,1H3,(H,17,20)/t11-,13-,15-/m1/s1. The zero-order valence-electron chi connectivity index (χ0n) is 13.0. The quantitative estimate of drug-likeness (QED) is 0.829. The van der Waals surface area contributed by atoms with Gasteiger partial charge in [-0.15, -0.1) is 0 Å². The van der Waals surface area contributed by atoms with Gasteiger partial charge in [0.2, 0.25) is 0 Å². The van der Waals surface area contributed by atoms with E-state index in [1.54, 1.807) is 7.11 Å². The number of aryl methyl sites for hydroxylation is 1. The van der Waals surface area contributed by atoms with Crippen molar-refractivity contribution in [3.63, 3.8) is 0 Å². The van der Waals surface area contributed by atoms with Crippen LogP contribution < -0.4 is 5.32 Å². The molecule has 1 saturated carbocycles. The normalized spacial score (nSPS) is 28.7. The molecule has 0 aliphatic heterocycles. The van der Waals surface area contributed by atoms with Crippen LogP contribution in [0.1, 0.15) is 60.3 Å². The number of carbonyl (C=O) groups excluding carboxylic acids is 1. The van der Waals surface area contributed by atoms with Gasteiger partial charge in [-0.3, -0.25) is 4.79 Å². The number of carbonyl (C=O) groups is 1. The maximum atomic E-state index is 12.5. The van der Waals surface area contributed by atoms with Gasteiger partial charge in [-0.2, -0.15) is 0 Å². The van der Waals surface area contributed by atoms with Crippen LogP contribution in [0, 0.1) is 0 Å². The van der Waals surface area contributed by atoms with Crippen molar-refractivity contribution in [2.45, 2.75) is 69.6 Å². The summed E-state index contributed by atoms with van der Waals surface area (Å²) in [5, 5.41) is 17.3. The number of aromatic nitrogens is 1. The Morgan fingerprint density at radius 1 is 1.27 bits per heavy atom. The van der Waals surface area contributed by atoms with Crippen molar-refractivity contribution < 1.29 is 19.2 Å². The smallest absolute Gasteiger partial charge is 0.274 e. The maximum absolute atomic E-state index is 12.5. The molecule has 2 aliphatic carbocycles. The summed E-state index contributed by atoms with van der Waals surface area (Å²) in [5.74, 6) is 0.597. The summed E-state index contributed by atoms with van der Waals surface area (Å²) in [6.45, 7) is 0. The van der Waals surface area contributed by atoms with Crippen molar-refractivity contribution in [3.8, 4) is 0 Å². The molecule has 1 fully saturated rings. The average Bonchev–Trinajstić information content (AvgIpc) is 2.89. The van der Waals surface area contributed by atoms with Crippen molar-refractivity contribution in [3.05, 3.63) is 17.0 Å². The molecule has 0 bridgehead atoms. The van der Waals surface area contributed by atoms with E-state index in [9.17, 15) is 9.90 Å². The fourth-order valence-electron chi connectivity index (χ4n) is 3.53. The van der Waals surface area contributed by atoms with Gasteiger partial charge in [0.15, 0.2) is 5.69 Å². The van der Waals surface area contributed by atoms with Crippen molar-refractivity contribution in [1.82, 2.24) is 10.5 Å². The summed E-state index contributed by atoms with van der Waals surface area (Å²) >= 11 is 0. The third-order valence-electron chi connectivity index (χ3n) is 4.83. The molecule has 0 radical (unpaired) electrons. The summed E-state index contributed by atoms with van der Waals surface area (Å²) in [6.07, 6.45) is 6.49. The van der Waals surface area contributed by atoms with E-state index in [4.69, 9.17) is 9.26 Å². The van der Waals surface area contributed by atoms with Crippen LogP contribution in [-0.4, -0.2) is 41.5 Å². The molecule has 1 aromatic rings. The van der Waals surface area contributed by atoms with Crippen LogP contribution in [0.5, 0.6) is 0 Å². The highest BCUT2D eigenvalue weighted by atomic mass is 16.5. The lowest BCUT2D eigenvalue weighted by molar-refractivity contribution is -0.0277. The first-order chi connectivity index (χ1) is 10.7. The number of hydrogen-bond donors (Lipinski definition) is 2. The Kier molecular flexibility index (Phi) is 4.78. The Labute approximate surface area is 130 Å². The molecule has 2 aliphatic rings. The molecule has 2 N–H and O–H groups in total. The van der Waals surface area contributed by atoms with Crippen molar-refractivity contribution >= 4 is 5.91 Å². The Morgan fingerprint density at radius 3 is 2.86 bits per heavy atom. The van der Waals surface area contributed by atoms with Gasteiger partial charge in [0.25, 0.3) is 5.91 Å². The molecule has 0 unspecified atom stereocenters. The number of amides is 1. The summed E-state index contributed by atoms with van der Waals surface area (Å²) in [7, 11) is 1.60. The SMILES string of the molecule is CO[C@@H]1CCCC[C@@H](NC(=O)c2noc3c2CCCC3)[C@H]1O. The predicted octanol–water partition coefficient (Wildman–Crippen LogP) is 1.60. The highest BCUT2D eigenvalue weighted by molar-refractivity contribution is 5.94. The molecule has 0 saturated heterocycles. The molecule has 3 atom stereocenters. The van der Waals surface area contributed by atoms with Gasteiger partial charge in [0.1, 0.15) is 11.9 Å². The fraction of sp³-hybridized carbons (Fsp3) is 0.750. The lowest BCUT2D eigenvalue weighted by Crippen LogP contribution is -2.48. The van der Waals surface area contributed by atoms with E-state index in [0.717, 1.165) is 62.7 Å². The van der Waals surface area contributed by atoms with E-state index < -0.39 is 6.10 Å². The monoisotopic (exact) mass is 308 g/mol. The molecule has 1 heterocycles. The topological polar surface area (TPSA) is 84.6 Å². The molecular formula is C16H24N2O4. The fourth-order valence-corrected chi connectivity index (χ4v) is 3.53. The van der Waals surface area contributed by atoms with Crippen LogP contribution in [-0.2, 0) is 17.6 Å². The van der Waals surface area contributed by atoms with Crippen molar-refractivity contribution in [2.24, 2.45) is 0 Å². The van der Waals surface area contributed by atoms with E-state index in [1.807, 2.05) is 0 Å². The lowest BCUT2D eigenvalue weighted by Gasteiger charge is -2.26. The minimum atomic E-state index is -0.681. The number of nitrogens with one attached hydrogen (secondary N) is 1. The zero-order valence-corrected chi connectivity index (χ0v) is 13.0. The summed E-state index contributed by atoms with van der Waals surface area (Å²) in [5.41, 5.74) is 1.33. The molecule has 6 heteroatoms. The van der Waals surface area contributed by atoms with Gasteiger partial charge in [-0.05, 0) is 32.1 Å². The molecular weight excluding hydrogens is 284 g/mol. The first-order valence-electron chi connectivity index (χ1n) is 8.20. The molecule has 122 valence electrons. The third kappa shape index (κ3) is 3.03. The van der Waals surface area contributed by atoms with Gasteiger partial charge in [-0.1, -0.05) is 18.0 Å². The van der Waals surface area contributed by atoms with Gasteiger partial charge in [0, 0.05) is 19.1 Å². The number of ether oxygens (including phenoxy) is 1. The second kappa shape index (κ2) is 6.79. The molecule has 0 spiro atoms. The Morgan fingerprint density at radius 2 is 2.05 bits per heavy atom. The Bertz CT molecular complexity index is 528. The largest absolute Gasteiger partial charge is 0.388 e. The number of fused-ring (bicyclic) bond motifs is 1. The highest BCUT2D eigenvalue weighted by Crippen LogP contribution is 2.25. The van der Waals surface area contributed by atoms with Gasteiger partial charge >= 0.3 is 0 Å². The van der Waals surface area contributed by atoms with Crippen LogP contribution in [0.3, 0.4) is 0 Å². The Hall–Kier alpha value is -1.40. The minimum absolute atomic E-state index is 0.223. The number of rotatable bonds is 3. The molecule has 22 heavy (non-hydrogen) atoms. The number of nitrogens with zero attached hydrogens (tertiary/aromatic N) is 1. The van der Waals surface area contributed by atoms with Crippen LogP contribution in [0.4, 0.5) is 0 Å². The first-order valence-corrected chi connectivity index (χ1v) is 8.20. The van der Waals surface area contributed by atoms with Crippen molar-refractivity contribution in [2.75, 3.05) is 7.11 Å². The Balaban J connectivity index is 1.71. The molecule has 1 aromatic heterocycles. The molecule has 1 amide bonds. The summed E-state index contributed by atoms with van der Waals surface area (Å²) in [6, 6.07) is -0.295. The van der Waals surface area contributed by atoms with E-state index in [1.165, 1.54) is 0 Å². The summed E-state index contributed by atoms with van der Waals surface area (Å²) < 4.78 is 10.6. The van der Waals surface area contributed by atoms with Gasteiger partial charge in [0.05, 0.1) is 12.1 Å². The molecule has 6 nitrogen and oxygen atoms in total. The summed E-state index contributed by atoms with van der Waals surface area (Å²) in [4.78, 5) is 12.5. The number of aliphatic hydroxyl groups excluding tert-OH is 1. The predicted molar refractivity (Wildman–Crippen MR) is 79.7 cm³/mol. The number of aliphatic hydroxyl groups is 1. The molecule has 0 aromatic carbocycles. The van der Waals surface area contributed by atoms with Crippen LogP contribution in [0.25, 0.3) is 0 Å². The second-order valence-corrected chi connectivity index (χ2v) is 6.27. The van der Waals surface area contributed by atoms with Gasteiger partial charge < -0.3 is 19.7 Å².